The van der Waals surface area contributed by atoms with Crippen LogP contribution in [0.3, 0.4) is 0 Å². The normalized spacial score (nSPS) is 20.7. The van der Waals surface area contributed by atoms with Crippen LogP contribution in [0.1, 0.15) is 37.1 Å². The zero-order valence-electron chi connectivity index (χ0n) is 19.9. The second-order valence-corrected chi connectivity index (χ2v) is 11.5. The summed E-state index contributed by atoms with van der Waals surface area (Å²) in [5.74, 6) is -1.32. The number of hydrogen-bond acceptors (Lipinski definition) is 9. The van der Waals surface area contributed by atoms with Crippen LogP contribution in [0.4, 0.5) is 18.9 Å². The fourth-order valence-electron chi connectivity index (χ4n) is 4.74. The number of aromatic nitrogens is 2. The fraction of sp³-hybridized carbons (Fsp3) is 0.375. The Kier molecular flexibility index (Phi) is 6.44. The largest absolute Gasteiger partial charge is 0.573 e. The second kappa shape index (κ2) is 9.36. The molecule has 1 aliphatic carbocycles. The van der Waals surface area contributed by atoms with E-state index in [9.17, 15) is 26.4 Å². The molecular weight excluding hydrogens is 527 g/mol. The highest BCUT2D eigenvalue weighted by atomic mass is 32.2. The summed E-state index contributed by atoms with van der Waals surface area (Å²) in [6.45, 7) is -0.161. The van der Waals surface area contributed by atoms with Crippen LogP contribution in [-0.4, -0.2) is 42.7 Å². The number of carbonyl (C=O) groups excluding carboxylic acids is 1. The van der Waals surface area contributed by atoms with E-state index in [0.29, 0.717) is 24.0 Å². The lowest BCUT2D eigenvalue weighted by molar-refractivity contribution is -0.274. The molecule has 1 amide bonds. The van der Waals surface area contributed by atoms with Crippen molar-refractivity contribution < 1.29 is 35.5 Å². The SMILES string of the molecule is N[C@H]1CS(=O)(=O)c2ccc(-c3nnc(C4(N)CCCC4)o3)cc2N(Cc2ccc(OC(F)(F)F)cc2)C1=O. The number of nitrogens with zero attached hydrogens (tertiary/aromatic N) is 3. The second-order valence-electron chi connectivity index (χ2n) is 9.46. The highest BCUT2D eigenvalue weighted by molar-refractivity contribution is 7.91. The molecule has 2 aromatic carbocycles. The summed E-state index contributed by atoms with van der Waals surface area (Å²) in [6.07, 6.45) is -1.58. The average Bonchev–Trinajstić information content (AvgIpc) is 3.51. The van der Waals surface area contributed by atoms with Gasteiger partial charge in [-0.3, -0.25) is 4.79 Å². The number of anilines is 1. The van der Waals surface area contributed by atoms with Crippen molar-refractivity contribution in [2.75, 3.05) is 10.7 Å². The Balaban J connectivity index is 1.52. The molecule has 0 radical (unpaired) electrons. The molecule has 0 saturated heterocycles. The van der Waals surface area contributed by atoms with Gasteiger partial charge in [-0.25, -0.2) is 8.42 Å². The first-order chi connectivity index (χ1) is 17.8. The van der Waals surface area contributed by atoms with Crippen LogP contribution in [0, 0.1) is 0 Å². The van der Waals surface area contributed by atoms with Gasteiger partial charge in [-0.2, -0.15) is 0 Å². The molecule has 2 aliphatic rings. The van der Waals surface area contributed by atoms with Crippen LogP contribution in [0.5, 0.6) is 5.75 Å². The van der Waals surface area contributed by atoms with Crippen molar-refractivity contribution >= 4 is 21.4 Å². The quantitative estimate of drug-likeness (QED) is 0.487. The minimum absolute atomic E-state index is 0.0409. The molecular formula is C24H24F3N5O5S. The molecule has 202 valence electrons. The molecule has 5 rings (SSSR count). The summed E-state index contributed by atoms with van der Waals surface area (Å²) in [5.41, 5.74) is 12.4. The average molecular weight is 552 g/mol. The molecule has 2 heterocycles. The van der Waals surface area contributed by atoms with Crippen molar-refractivity contribution in [3.8, 4) is 17.2 Å². The summed E-state index contributed by atoms with van der Waals surface area (Å²) < 4.78 is 73.4. The summed E-state index contributed by atoms with van der Waals surface area (Å²) in [6, 6.07) is 7.82. The lowest BCUT2D eigenvalue weighted by Crippen LogP contribution is -2.45. The number of ether oxygens (including phenoxy) is 1. The number of sulfone groups is 1. The van der Waals surface area contributed by atoms with Crippen LogP contribution >= 0.6 is 0 Å². The van der Waals surface area contributed by atoms with E-state index in [1.807, 2.05) is 0 Å². The van der Waals surface area contributed by atoms with E-state index in [-0.39, 0.29) is 28.9 Å². The molecule has 3 aromatic rings. The van der Waals surface area contributed by atoms with E-state index in [1.165, 1.54) is 35.2 Å². The Bertz CT molecular complexity index is 1470. The molecule has 4 N–H and O–H groups in total. The van der Waals surface area contributed by atoms with E-state index in [0.717, 1.165) is 25.0 Å². The smallest absolute Gasteiger partial charge is 0.419 e. The van der Waals surface area contributed by atoms with E-state index >= 15 is 0 Å². The standard InChI is InChI=1S/C24H24F3N5O5S/c25-24(26,27)37-16-6-3-14(4-7-16)12-32-18-11-15(5-8-19(18)38(34,35)13-17(28)21(32)33)20-30-31-22(36-20)23(29)9-1-2-10-23/h3-8,11,17H,1-2,9-10,12-13,28-29H2/t17-/m0/s1. The van der Waals surface area contributed by atoms with Crippen LogP contribution in [0.15, 0.2) is 51.8 Å². The Labute approximate surface area is 215 Å². The van der Waals surface area contributed by atoms with Crippen LogP contribution in [0.2, 0.25) is 0 Å². The lowest BCUT2D eigenvalue weighted by atomic mass is 10.00. The maximum absolute atomic E-state index is 13.2. The lowest BCUT2D eigenvalue weighted by Gasteiger charge is -2.24. The molecule has 1 aromatic heterocycles. The Hall–Kier alpha value is -3.49. The molecule has 1 atom stereocenters. The minimum atomic E-state index is -4.85. The van der Waals surface area contributed by atoms with Gasteiger partial charge >= 0.3 is 6.36 Å². The Morgan fingerprint density at radius 1 is 1.11 bits per heavy atom. The van der Waals surface area contributed by atoms with Crippen molar-refractivity contribution in [3.63, 3.8) is 0 Å². The monoisotopic (exact) mass is 551 g/mol. The van der Waals surface area contributed by atoms with Crippen molar-refractivity contribution in [2.24, 2.45) is 11.5 Å². The first kappa shape index (κ1) is 26.1. The predicted molar refractivity (Wildman–Crippen MR) is 128 cm³/mol. The molecule has 10 nitrogen and oxygen atoms in total. The van der Waals surface area contributed by atoms with Crippen LogP contribution in [-0.2, 0) is 26.7 Å². The van der Waals surface area contributed by atoms with Gasteiger partial charge in [-0.1, -0.05) is 25.0 Å². The number of nitrogens with two attached hydrogens (primary N) is 2. The molecule has 0 spiro atoms. The Morgan fingerprint density at radius 2 is 1.79 bits per heavy atom. The van der Waals surface area contributed by atoms with Gasteiger partial charge in [0, 0.05) is 5.56 Å². The van der Waals surface area contributed by atoms with Crippen LogP contribution in [0.25, 0.3) is 11.5 Å². The van der Waals surface area contributed by atoms with Gasteiger partial charge in [0.1, 0.15) is 5.75 Å². The number of benzene rings is 2. The summed E-state index contributed by atoms with van der Waals surface area (Å²) in [5, 5.41) is 8.19. The maximum atomic E-state index is 13.2. The third-order valence-electron chi connectivity index (χ3n) is 6.66. The van der Waals surface area contributed by atoms with Gasteiger partial charge in [0.05, 0.1) is 34.5 Å². The molecule has 1 saturated carbocycles. The third-order valence-corrected chi connectivity index (χ3v) is 8.47. The number of amides is 1. The van der Waals surface area contributed by atoms with Crippen molar-refractivity contribution in [1.29, 1.82) is 0 Å². The molecule has 1 aliphatic heterocycles. The Morgan fingerprint density at radius 3 is 2.45 bits per heavy atom. The fourth-order valence-corrected chi connectivity index (χ4v) is 6.30. The van der Waals surface area contributed by atoms with Gasteiger partial charge in [-0.15, -0.1) is 23.4 Å². The number of rotatable bonds is 5. The molecule has 38 heavy (non-hydrogen) atoms. The zero-order valence-corrected chi connectivity index (χ0v) is 20.8. The summed E-state index contributed by atoms with van der Waals surface area (Å²) in [7, 11) is -3.95. The van der Waals surface area contributed by atoms with Crippen molar-refractivity contribution in [1.82, 2.24) is 10.2 Å². The molecule has 14 heteroatoms. The predicted octanol–water partition coefficient (Wildman–Crippen LogP) is 3.01. The van der Waals surface area contributed by atoms with Gasteiger partial charge < -0.3 is 25.5 Å². The highest BCUT2D eigenvalue weighted by Crippen LogP contribution is 2.38. The number of halogens is 3. The summed E-state index contributed by atoms with van der Waals surface area (Å²) >= 11 is 0. The van der Waals surface area contributed by atoms with Crippen molar-refractivity contribution in [2.45, 2.75) is 55.1 Å². The first-order valence-electron chi connectivity index (χ1n) is 11.8. The van der Waals surface area contributed by atoms with E-state index < -0.39 is 45.2 Å². The number of alkyl halides is 3. The highest BCUT2D eigenvalue weighted by Gasteiger charge is 2.38. The molecule has 0 bridgehead atoms. The van der Waals surface area contributed by atoms with E-state index in [1.54, 1.807) is 0 Å². The number of carbonyl (C=O) groups is 1. The topological polar surface area (TPSA) is 155 Å². The first-order valence-corrected chi connectivity index (χ1v) is 13.4. The zero-order chi connectivity index (χ0) is 27.3. The van der Waals surface area contributed by atoms with E-state index in [4.69, 9.17) is 15.9 Å². The summed E-state index contributed by atoms with van der Waals surface area (Å²) in [4.78, 5) is 14.3. The number of hydrogen-bond donors (Lipinski definition) is 2. The maximum Gasteiger partial charge on any atom is 0.573 e. The van der Waals surface area contributed by atoms with Gasteiger partial charge in [0.15, 0.2) is 9.84 Å². The van der Waals surface area contributed by atoms with Gasteiger partial charge in [0.25, 0.3) is 0 Å². The number of fused-ring (bicyclic) bond motifs is 1. The molecule has 1 fully saturated rings. The van der Waals surface area contributed by atoms with Crippen LogP contribution < -0.4 is 21.1 Å². The minimum Gasteiger partial charge on any atom is -0.419 e. The van der Waals surface area contributed by atoms with Crippen molar-refractivity contribution in [3.05, 3.63) is 53.9 Å². The molecule has 0 unspecified atom stereocenters. The van der Waals surface area contributed by atoms with Gasteiger partial charge in [0.2, 0.25) is 17.7 Å². The van der Waals surface area contributed by atoms with Gasteiger partial charge in [-0.05, 0) is 48.7 Å². The van der Waals surface area contributed by atoms with E-state index in [2.05, 4.69) is 14.9 Å². The third kappa shape index (κ3) is 5.11.